The first kappa shape index (κ1) is 9.06. The van der Waals surface area contributed by atoms with E-state index in [0.717, 1.165) is 5.92 Å². The zero-order valence-electron chi connectivity index (χ0n) is 7.11. The minimum absolute atomic E-state index is 0.904. The zero-order valence-corrected chi connectivity index (χ0v) is 7.11. The van der Waals surface area contributed by atoms with Gasteiger partial charge in [-0.05, 0) is 5.92 Å². The smallest absolute Gasteiger partial charge is 0.0777 e. The molecule has 0 amide bonds. The molecule has 0 spiro atoms. The number of hydrogen-bond donors (Lipinski definition) is 0. The first-order valence-corrected chi connectivity index (χ1v) is 4.27. The van der Waals surface area contributed by atoms with Crippen molar-refractivity contribution >= 4 is 7.28 Å². The molecule has 1 heteroatoms. The molecule has 0 aromatic rings. The monoisotopic (exact) mass is 126 g/mol. The highest BCUT2D eigenvalue weighted by Crippen LogP contribution is 2.04. The van der Waals surface area contributed by atoms with Crippen molar-refractivity contribution in [2.24, 2.45) is 5.92 Å². The first-order valence-electron chi connectivity index (χ1n) is 4.27. The molecule has 0 fully saturated rings. The van der Waals surface area contributed by atoms with Gasteiger partial charge >= 0.3 is 0 Å². The van der Waals surface area contributed by atoms with Crippen molar-refractivity contribution in [2.75, 3.05) is 0 Å². The van der Waals surface area contributed by atoms with Crippen molar-refractivity contribution in [3.63, 3.8) is 0 Å². The van der Waals surface area contributed by atoms with Gasteiger partial charge < -0.3 is 0 Å². The van der Waals surface area contributed by atoms with Crippen LogP contribution in [0.1, 0.15) is 33.6 Å². The van der Waals surface area contributed by atoms with Crippen molar-refractivity contribution < 1.29 is 0 Å². The molecule has 0 rings (SSSR count). The highest BCUT2D eigenvalue weighted by molar-refractivity contribution is 6.35. The highest BCUT2D eigenvalue weighted by Gasteiger charge is 1.93. The molecule has 0 aliphatic carbocycles. The van der Waals surface area contributed by atoms with E-state index in [-0.39, 0.29) is 0 Å². The molecule has 0 aromatic carbocycles. The fraction of sp³-hybridized carbons (Fsp3) is 1.00. The van der Waals surface area contributed by atoms with E-state index in [1.54, 1.807) is 0 Å². The zero-order chi connectivity index (χ0) is 7.11. The molecule has 0 heterocycles. The van der Waals surface area contributed by atoms with Crippen LogP contribution < -0.4 is 0 Å². The Morgan fingerprint density at radius 2 is 1.89 bits per heavy atom. The molecule has 0 radical (unpaired) electrons. The van der Waals surface area contributed by atoms with Gasteiger partial charge in [-0.15, -0.1) is 0 Å². The summed E-state index contributed by atoms with van der Waals surface area (Å²) in [5, 5.41) is 0. The first-order chi connectivity index (χ1) is 4.27. The Kier molecular flexibility index (Phi) is 6.23. The van der Waals surface area contributed by atoms with Crippen molar-refractivity contribution in [3.05, 3.63) is 0 Å². The van der Waals surface area contributed by atoms with Gasteiger partial charge in [0.1, 0.15) is 7.28 Å². The van der Waals surface area contributed by atoms with Crippen LogP contribution in [0.3, 0.4) is 0 Å². The fourth-order valence-electron chi connectivity index (χ4n) is 0.979. The molecule has 0 nitrogen and oxygen atoms in total. The van der Waals surface area contributed by atoms with E-state index in [1.807, 2.05) is 0 Å². The van der Waals surface area contributed by atoms with E-state index in [1.165, 1.54) is 32.8 Å². The van der Waals surface area contributed by atoms with Gasteiger partial charge in [0, 0.05) is 0 Å². The van der Waals surface area contributed by atoms with Gasteiger partial charge in [0.2, 0.25) is 0 Å². The molecular formula is C8H19B. The van der Waals surface area contributed by atoms with E-state index in [9.17, 15) is 0 Å². The maximum Gasteiger partial charge on any atom is 0.120 e. The third-order valence-electron chi connectivity index (χ3n) is 1.64. The lowest BCUT2D eigenvalue weighted by atomic mass is 9.68. The Morgan fingerprint density at radius 3 is 2.33 bits per heavy atom. The van der Waals surface area contributed by atoms with E-state index in [4.69, 9.17) is 0 Å². The molecule has 0 bridgehead atoms. The molecular weight excluding hydrogens is 107 g/mol. The van der Waals surface area contributed by atoms with Crippen LogP contribution >= 0.6 is 0 Å². The number of hydrogen-bond acceptors (Lipinski definition) is 0. The van der Waals surface area contributed by atoms with E-state index < -0.39 is 0 Å². The van der Waals surface area contributed by atoms with Gasteiger partial charge in [-0.2, -0.15) is 0 Å². The molecule has 9 heavy (non-hydrogen) atoms. The van der Waals surface area contributed by atoms with Crippen LogP contribution in [0.4, 0.5) is 0 Å². The van der Waals surface area contributed by atoms with Crippen LogP contribution in [0, 0.1) is 5.92 Å². The summed E-state index contributed by atoms with van der Waals surface area (Å²) in [5.41, 5.74) is 0. The molecule has 54 valence electrons. The lowest BCUT2D eigenvalue weighted by Crippen LogP contribution is -1.92. The van der Waals surface area contributed by atoms with Crippen LogP contribution in [0.15, 0.2) is 0 Å². The van der Waals surface area contributed by atoms with Crippen molar-refractivity contribution in [3.8, 4) is 0 Å². The van der Waals surface area contributed by atoms with Crippen molar-refractivity contribution in [1.29, 1.82) is 0 Å². The Morgan fingerprint density at radius 1 is 1.22 bits per heavy atom. The van der Waals surface area contributed by atoms with E-state index >= 15 is 0 Å². The third-order valence-corrected chi connectivity index (χ3v) is 1.64. The van der Waals surface area contributed by atoms with Crippen LogP contribution in [-0.4, -0.2) is 7.28 Å². The van der Waals surface area contributed by atoms with Crippen molar-refractivity contribution in [2.45, 2.75) is 46.3 Å². The standard InChI is InChI=1S/C8H19B/c1-4-6-9-7-5-8(2)3/h8-9H,4-7H2,1-3H3. The topological polar surface area (TPSA) is 0 Å². The SMILES string of the molecule is CCCBCCC(C)C. The minimum Gasteiger partial charge on any atom is -0.0777 e. The Hall–Kier alpha value is 0.0649. The molecule has 0 saturated heterocycles. The molecule has 0 aliphatic rings. The highest BCUT2D eigenvalue weighted by atomic mass is 13.9. The van der Waals surface area contributed by atoms with Crippen molar-refractivity contribution in [1.82, 2.24) is 0 Å². The maximum atomic E-state index is 2.30. The molecule has 0 saturated carbocycles. The van der Waals surface area contributed by atoms with E-state index in [2.05, 4.69) is 20.8 Å². The van der Waals surface area contributed by atoms with E-state index in [0.29, 0.717) is 0 Å². The fourth-order valence-corrected chi connectivity index (χ4v) is 0.979. The summed E-state index contributed by atoms with van der Waals surface area (Å²) in [6.45, 7) is 6.85. The van der Waals surface area contributed by atoms with Crippen LogP contribution in [0.2, 0.25) is 12.6 Å². The summed E-state index contributed by atoms with van der Waals surface area (Å²) in [5.74, 6) is 0.904. The molecule has 0 N–H and O–H groups in total. The van der Waals surface area contributed by atoms with Gasteiger partial charge in [-0.1, -0.05) is 46.3 Å². The summed E-state index contributed by atoms with van der Waals surface area (Å²) in [6, 6.07) is 0. The lowest BCUT2D eigenvalue weighted by Gasteiger charge is -2.00. The molecule has 0 unspecified atom stereocenters. The molecule has 0 aromatic heterocycles. The lowest BCUT2D eigenvalue weighted by molar-refractivity contribution is 0.623. The average Bonchev–Trinajstić information content (AvgIpc) is 1.80. The number of rotatable bonds is 5. The van der Waals surface area contributed by atoms with Crippen LogP contribution in [0.5, 0.6) is 0 Å². The quantitative estimate of drug-likeness (QED) is 0.392. The second-order valence-electron chi connectivity index (χ2n) is 3.24. The van der Waals surface area contributed by atoms with Crippen LogP contribution in [-0.2, 0) is 0 Å². The van der Waals surface area contributed by atoms with Crippen LogP contribution in [0.25, 0.3) is 0 Å². The molecule has 0 aliphatic heterocycles. The Bertz CT molecular complexity index is 50.5. The Labute approximate surface area is 60.3 Å². The summed E-state index contributed by atoms with van der Waals surface area (Å²) in [6.07, 6.45) is 5.64. The predicted octanol–water partition coefficient (Wildman–Crippen LogP) is 2.72. The molecule has 0 atom stereocenters. The van der Waals surface area contributed by atoms with Gasteiger partial charge in [0.15, 0.2) is 0 Å². The van der Waals surface area contributed by atoms with Gasteiger partial charge in [0.25, 0.3) is 0 Å². The summed E-state index contributed by atoms with van der Waals surface area (Å²) in [7, 11) is 1.44. The predicted molar refractivity (Wildman–Crippen MR) is 46.5 cm³/mol. The minimum atomic E-state index is 0.904. The van der Waals surface area contributed by atoms with Gasteiger partial charge in [-0.25, -0.2) is 0 Å². The second-order valence-corrected chi connectivity index (χ2v) is 3.24. The average molecular weight is 126 g/mol. The normalized spacial score (nSPS) is 10.2. The second kappa shape index (κ2) is 6.19. The maximum absolute atomic E-state index is 2.30. The van der Waals surface area contributed by atoms with Gasteiger partial charge in [-0.3, -0.25) is 0 Å². The third kappa shape index (κ3) is 8.06. The summed E-state index contributed by atoms with van der Waals surface area (Å²) >= 11 is 0. The van der Waals surface area contributed by atoms with Gasteiger partial charge in [0.05, 0.1) is 0 Å². The summed E-state index contributed by atoms with van der Waals surface area (Å²) < 4.78 is 0. The largest absolute Gasteiger partial charge is 0.120 e. The Balaban J connectivity index is 2.75. The summed E-state index contributed by atoms with van der Waals surface area (Å²) in [4.78, 5) is 0.